The van der Waals surface area contributed by atoms with Crippen molar-refractivity contribution in [1.29, 1.82) is 0 Å². The quantitative estimate of drug-likeness (QED) is 0.415. The molecule has 118 valence electrons. The summed E-state index contributed by atoms with van der Waals surface area (Å²) in [6.07, 6.45) is 1.29. The van der Waals surface area contributed by atoms with E-state index < -0.39 is 11.9 Å². The lowest BCUT2D eigenvalue weighted by Crippen LogP contribution is -1.96. The van der Waals surface area contributed by atoms with Crippen molar-refractivity contribution >= 4 is 28.7 Å². The predicted molar refractivity (Wildman–Crippen MR) is 80.4 cm³/mol. The van der Waals surface area contributed by atoms with E-state index in [-0.39, 0.29) is 22.6 Å². The summed E-state index contributed by atoms with van der Waals surface area (Å²) < 4.78 is 4.93. The topological polar surface area (TPSA) is 147 Å². The molecule has 3 aromatic rings. The molecule has 0 saturated heterocycles. The largest absolute Gasteiger partial charge is 0.506 e. The van der Waals surface area contributed by atoms with Gasteiger partial charge in [-0.2, -0.15) is 0 Å². The minimum absolute atomic E-state index is 0.0247. The number of aromatic carboxylic acids is 2. The molecule has 8 heteroatoms. The number of nitrogens with two attached hydrogens (primary N) is 1. The van der Waals surface area contributed by atoms with Gasteiger partial charge in [-0.3, -0.25) is 0 Å². The van der Waals surface area contributed by atoms with Gasteiger partial charge in [0.25, 0.3) is 0 Å². The Morgan fingerprint density at radius 3 is 2.22 bits per heavy atom. The number of fused-ring (bicyclic) bond motifs is 1. The van der Waals surface area contributed by atoms with Crippen LogP contribution >= 0.6 is 0 Å². The van der Waals surface area contributed by atoms with Crippen LogP contribution in [0, 0.1) is 0 Å². The van der Waals surface area contributed by atoms with Gasteiger partial charge in [0, 0.05) is 0 Å². The lowest BCUT2D eigenvalue weighted by molar-refractivity contribution is 0.0686. The number of benzene rings is 2. The van der Waals surface area contributed by atoms with Gasteiger partial charge < -0.3 is 25.5 Å². The van der Waals surface area contributed by atoms with Gasteiger partial charge in [0.05, 0.1) is 16.8 Å². The number of oxazole rings is 1. The molecular formula is C15H12N2O6. The molecule has 0 atom stereocenters. The van der Waals surface area contributed by atoms with Crippen molar-refractivity contribution in [2.45, 2.75) is 0 Å². The van der Waals surface area contributed by atoms with Crippen LogP contribution < -0.4 is 5.73 Å². The number of nitrogens with zero attached hydrogens (tertiary/aromatic N) is 1. The third-order valence-electron chi connectivity index (χ3n) is 2.86. The number of carboxylic acids is 2. The average Bonchev–Trinajstić information content (AvgIpc) is 2.97. The minimum atomic E-state index is -1.08. The maximum Gasteiger partial charge on any atom is 0.335 e. The zero-order chi connectivity index (χ0) is 17.0. The second-order valence-electron chi connectivity index (χ2n) is 4.42. The number of aromatic hydroxyl groups is 1. The molecular weight excluding hydrogens is 304 g/mol. The number of carbonyl (C=O) groups is 2. The summed E-state index contributed by atoms with van der Waals surface area (Å²) in [5, 5.41) is 26.0. The van der Waals surface area contributed by atoms with E-state index in [1.54, 1.807) is 6.07 Å². The first kappa shape index (κ1) is 15.8. The maximum atomic E-state index is 10.5. The second kappa shape index (κ2) is 6.48. The number of hydrogen-bond donors (Lipinski definition) is 4. The fourth-order valence-electron chi connectivity index (χ4n) is 1.66. The molecule has 0 fully saturated rings. The van der Waals surface area contributed by atoms with Crippen molar-refractivity contribution < 1.29 is 29.3 Å². The number of nitrogen functional groups attached to an aromatic ring is 1. The van der Waals surface area contributed by atoms with Crippen molar-refractivity contribution in [3.05, 3.63) is 53.9 Å². The molecule has 0 aliphatic rings. The van der Waals surface area contributed by atoms with Crippen LogP contribution in [0.15, 0.2) is 47.2 Å². The normalized spacial score (nSPS) is 9.91. The number of aromatic nitrogens is 1. The molecule has 2 aromatic carbocycles. The Kier molecular flexibility index (Phi) is 4.46. The van der Waals surface area contributed by atoms with Crippen molar-refractivity contribution in [3.8, 4) is 5.75 Å². The van der Waals surface area contributed by atoms with Crippen LogP contribution in [0.3, 0.4) is 0 Å². The summed E-state index contributed by atoms with van der Waals surface area (Å²) in [7, 11) is 0. The monoisotopic (exact) mass is 316 g/mol. The number of phenols is 1. The molecule has 23 heavy (non-hydrogen) atoms. The minimum Gasteiger partial charge on any atom is -0.506 e. The second-order valence-corrected chi connectivity index (χ2v) is 4.42. The molecule has 8 nitrogen and oxygen atoms in total. The Labute approximate surface area is 129 Å². The number of rotatable bonds is 2. The first-order chi connectivity index (χ1) is 10.9. The van der Waals surface area contributed by atoms with Crippen LogP contribution in [0.4, 0.5) is 5.69 Å². The summed E-state index contributed by atoms with van der Waals surface area (Å²) in [6, 6.07) is 8.34. The molecule has 1 aromatic heterocycles. The van der Waals surface area contributed by atoms with Gasteiger partial charge >= 0.3 is 11.9 Å². The predicted octanol–water partition coefficient (Wildman–Crippen LogP) is 2.20. The molecule has 0 unspecified atom stereocenters. The Bertz CT molecular complexity index is 871. The lowest BCUT2D eigenvalue weighted by atomic mass is 10.2. The highest BCUT2D eigenvalue weighted by molar-refractivity contribution is 5.91. The Morgan fingerprint density at radius 1 is 1.00 bits per heavy atom. The van der Waals surface area contributed by atoms with Crippen LogP contribution in [-0.4, -0.2) is 32.2 Å². The molecule has 5 N–H and O–H groups in total. The molecule has 0 bridgehead atoms. The third kappa shape index (κ3) is 3.76. The molecule has 0 amide bonds. The fourth-order valence-corrected chi connectivity index (χ4v) is 1.66. The van der Waals surface area contributed by atoms with E-state index in [2.05, 4.69) is 4.98 Å². The van der Waals surface area contributed by atoms with E-state index in [0.717, 1.165) is 6.07 Å². The van der Waals surface area contributed by atoms with Crippen LogP contribution in [0.1, 0.15) is 20.7 Å². The van der Waals surface area contributed by atoms with Crippen LogP contribution in [0.2, 0.25) is 0 Å². The summed E-state index contributed by atoms with van der Waals surface area (Å²) in [6.45, 7) is 0. The standard InChI is InChI=1S/C8H5NO3.C7H7NO3/c10-8(11)5-1-2-6-7(3-5)12-4-9-6;8-5-2-1-4(7(10)11)3-6(5)9/h1-4H,(H,10,11);1-3,9H,8H2,(H,10,11). The summed E-state index contributed by atoms with van der Waals surface area (Å²) in [5.74, 6) is -2.25. The number of phenolic OH excluding ortho intramolecular Hbond substituents is 1. The summed E-state index contributed by atoms with van der Waals surface area (Å²) in [4.78, 5) is 24.7. The van der Waals surface area contributed by atoms with Crippen molar-refractivity contribution in [2.75, 3.05) is 5.73 Å². The van der Waals surface area contributed by atoms with Crippen molar-refractivity contribution in [2.24, 2.45) is 0 Å². The van der Waals surface area contributed by atoms with Crippen molar-refractivity contribution in [1.82, 2.24) is 4.98 Å². The van der Waals surface area contributed by atoms with Gasteiger partial charge in [0.1, 0.15) is 11.3 Å². The van der Waals surface area contributed by atoms with Crippen LogP contribution in [0.25, 0.3) is 11.1 Å². The highest BCUT2D eigenvalue weighted by Crippen LogP contribution is 2.20. The molecule has 1 heterocycles. The van der Waals surface area contributed by atoms with Gasteiger partial charge in [-0.05, 0) is 36.4 Å². The Hall–Kier alpha value is -3.55. The fraction of sp³-hybridized carbons (Fsp3) is 0. The SMILES string of the molecule is Nc1ccc(C(=O)O)cc1O.O=C(O)c1ccc2ncoc2c1. The average molecular weight is 316 g/mol. The Balaban J connectivity index is 0.000000168. The third-order valence-corrected chi connectivity index (χ3v) is 2.86. The number of anilines is 1. The molecule has 0 radical (unpaired) electrons. The summed E-state index contributed by atoms with van der Waals surface area (Å²) in [5.41, 5.74) is 6.82. The smallest absolute Gasteiger partial charge is 0.335 e. The zero-order valence-electron chi connectivity index (χ0n) is 11.6. The van der Waals surface area contributed by atoms with Crippen molar-refractivity contribution in [3.63, 3.8) is 0 Å². The Morgan fingerprint density at radius 2 is 1.61 bits per heavy atom. The van der Waals surface area contributed by atoms with E-state index in [1.807, 2.05) is 0 Å². The molecule has 0 aliphatic heterocycles. The highest BCUT2D eigenvalue weighted by Gasteiger charge is 2.05. The molecule has 3 rings (SSSR count). The van der Waals surface area contributed by atoms with E-state index in [1.165, 1.54) is 30.7 Å². The highest BCUT2D eigenvalue weighted by atomic mass is 16.4. The molecule has 0 spiro atoms. The van der Waals surface area contributed by atoms with Gasteiger partial charge in [0.15, 0.2) is 12.0 Å². The van der Waals surface area contributed by atoms with Crippen LogP contribution in [0.5, 0.6) is 5.75 Å². The molecule has 0 saturated carbocycles. The zero-order valence-corrected chi connectivity index (χ0v) is 11.6. The summed E-state index contributed by atoms with van der Waals surface area (Å²) >= 11 is 0. The van der Waals surface area contributed by atoms with Crippen LogP contribution in [-0.2, 0) is 0 Å². The lowest BCUT2D eigenvalue weighted by Gasteiger charge is -1.98. The first-order valence-electron chi connectivity index (χ1n) is 6.27. The first-order valence-corrected chi connectivity index (χ1v) is 6.27. The van der Waals surface area contributed by atoms with E-state index in [9.17, 15) is 9.59 Å². The van der Waals surface area contributed by atoms with E-state index in [0.29, 0.717) is 11.1 Å². The number of carboxylic acid groups (broad SMARTS) is 2. The van der Waals surface area contributed by atoms with Gasteiger partial charge in [0.2, 0.25) is 0 Å². The molecule has 0 aliphatic carbocycles. The van der Waals surface area contributed by atoms with Gasteiger partial charge in [-0.25, -0.2) is 14.6 Å². The van der Waals surface area contributed by atoms with E-state index in [4.69, 9.17) is 25.5 Å². The van der Waals surface area contributed by atoms with Gasteiger partial charge in [-0.15, -0.1) is 0 Å². The number of hydrogen-bond acceptors (Lipinski definition) is 6. The van der Waals surface area contributed by atoms with E-state index >= 15 is 0 Å². The maximum absolute atomic E-state index is 10.5. The van der Waals surface area contributed by atoms with Gasteiger partial charge in [-0.1, -0.05) is 0 Å².